The van der Waals surface area contributed by atoms with Gasteiger partial charge in [0.25, 0.3) is 0 Å². The third kappa shape index (κ3) is 3.74. The van der Waals surface area contributed by atoms with E-state index in [2.05, 4.69) is 15.9 Å². The first kappa shape index (κ1) is 14.9. The van der Waals surface area contributed by atoms with Gasteiger partial charge in [-0.15, -0.1) is 0 Å². The SMILES string of the molecule is COc1cccc(COc2cc(Br)ccc2[C@@H](C)O)c1. The third-order valence-electron chi connectivity index (χ3n) is 2.95. The van der Waals surface area contributed by atoms with Crippen LogP contribution in [0.25, 0.3) is 0 Å². The highest BCUT2D eigenvalue weighted by atomic mass is 79.9. The van der Waals surface area contributed by atoms with E-state index in [1.165, 1.54) is 0 Å². The van der Waals surface area contributed by atoms with E-state index in [0.29, 0.717) is 12.4 Å². The summed E-state index contributed by atoms with van der Waals surface area (Å²) < 4.78 is 11.9. The quantitative estimate of drug-likeness (QED) is 0.893. The molecule has 0 saturated carbocycles. The molecule has 4 heteroatoms. The Balaban J connectivity index is 2.15. The summed E-state index contributed by atoms with van der Waals surface area (Å²) in [6.45, 7) is 2.15. The van der Waals surface area contributed by atoms with Crippen LogP contribution in [0.5, 0.6) is 11.5 Å². The third-order valence-corrected chi connectivity index (χ3v) is 3.45. The Bertz CT molecular complexity index is 582. The van der Waals surface area contributed by atoms with Gasteiger partial charge in [0.1, 0.15) is 18.1 Å². The fourth-order valence-electron chi connectivity index (χ4n) is 1.90. The van der Waals surface area contributed by atoms with Crippen LogP contribution < -0.4 is 9.47 Å². The molecular weight excluding hydrogens is 320 g/mol. The van der Waals surface area contributed by atoms with E-state index in [1.807, 2.05) is 42.5 Å². The molecule has 2 rings (SSSR count). The second-order valence-corrected chi connectivity index (χ2v) is 5.41. The van der Waals surface area contributed by atoms with E-state index in [9.17, 15) is 5.11 Å². The normalized spacial score (nSPS) is 12.0. The van der Waals surface area contributed by atoms with Crippen LogP contribution >= 0.6 is 15.9 Å². The Kier molecular flexibility index (Phi) is 5.04. The minimum atomic E-state index is -0.566. The van der Waals surface area contributed by atoms with Crippen LogP contribution in [0.15, 0.2) is 46.9 Å². The molecule has 1 N–H and O–H groups in total. The van der Waals surface area contributed by atoms with Gasteiger partial charge in [-0.3, -0.25) is 0 Å². The maximum Gasteiger partial charge on any atom is 0.126 e. The van der Waals surface area contributed by atoms with Crippen molar-refractivity contribution in [2.45, 2.75) is 19.6 Å². The van der Waals surface area contributed by atoms with Gasteiger partial charge in [-0.05, 0) is 36.8 Å². The predicted octanol–water partition coefficient (Wildman–Crippen LogP) is 4.09. The minimum absolute atomic E-state index is 0.424. The highest BCUT2D eigenvalue weighted by Gasteiger charge is 2.10. The van der Waals surface area contributed by atoms with Crippen LogP contribution in [0.1, 0.15) is 24.2 Å². The van der Waals surface area contributed by atoms with Gasteiger partial charge in [0.2, 0.25) is 0 Å². The Hall–Kier alpha value is -1.52. The summed E-state index contributed by atoms with van der Waals surface area (Å²) in [5.41, 5.74) is 1.79. The molecule has 2 aromatic carbocycles. The van der Waals surface area contributed by atoms with E-state index < -0.39 is 6.10 Å². The van der Waals surface area contributed by atoms with Crippen LogP contribution in [-0.4, -0.2) is 12.2 Å². The van der Waals surface area contributed by atoms with Gasteiger partial charge in [0.05, 0.1) is 13.2 Å². The maximum atomic E-state index is 9.76. The average Bonchev–Trinajstić information content (AvgIpc) is 2.45. The van der Waals surface area contributed by atoms with Gasteiger partial charge in [-0.25, -0.2) is 0 Å². The molecule has 1 atom stereocenters. The van der Waals surface area contributed by atoms with Crippen LogP contribution in [0, 0.1) is 0 Å². The van der Waals surface area contributed by atoms with Crippen molar-refractivity contribution in [3.63, 3.8) is 0 Å². The summed E-state index contributed by atoms with van der Waals surface area (Å²) in [6.07, 6.45) is -0.566. The lowest BCUT2D eigenvalue weighted by atomic mass is 10.1. The molecule has 0 fully saturated rings. The molecule has 2 aromatic rings. The number of rotatable bonds is 5. The molecule has 0 spiro atoms. The van der Waals surface area contributed by atoms with Gasteiger partial charge in [0, 0.05) is 10.0 Å². The molecule has 0 bridgehead atoms. The average molecular weight is 337 g/mol. The lowest BCUT2D eigenvalue weighted by molar-refractivity contribution is 0.190. The molecule has 0 saturated heterocycles. The van der Waals surface area contributed by atoms with Gasteiger partial charge >= 0.3 is 0 Å². The standard InChI is InChI=1S/C16H17BrO3/c1-11(18)15-7-6-13(17)9-16(15)20-10-12-4-3-5-14(8-12)19-2/h3-9,11,18H,10H2,1-2H3/t11-/m1/s1. The number of hydrogen-bond acceptors (Lipinski definition) is 3. The van der Waals surface area contributed by atoms with E-state index in [1.54, 1.807) is 14.0 Å². The van der Waals surface area contributed by atoms with Gasteiger partial charge in [-0.1, -0.05) is 34.1 Å². The molecule has 0 unspecified atom stereocenters. The minimum Gasteiger partial charge on any atom is -0.497 e. The number of aliphatic hydroxyl groups excluding tert-OH is 1. The lowest BCUT2D eigenvalue weighted by Gasteiger charge is -2.14. The maximum absolute atomic E-state index is 9.76. The van der Waals surface area contributed by atoms with Crippen LogP contribution in [-0.2, 0) is 6.61 Å². The Morgan fingerprint density at radius 3 is 2.70 bits per heavy atom. The largest absolute Gasteiger partial charge is 0.497 e. The fourth-order valence-corrected chi connectivity index (χ4v) is 2.24. The molecule has 106 valence electrons. The zero-order valence-electron chi connectivity index (χ0n) is 11.5. The second kappa shape index (κ2) is 6.77. The molecule has 3 nitrogen and oxygen atoms in total. The van der Waals surface area contributed by atoms with Crippen LogP contribution in [0.2, 0.25) is 0 Å². The molecule has 0 aromatic heterocycles. The predicted molar refractivity (Wildman–Crippen MR) is 82.1 cm³/mol. The number of benzene rings is 2. The number of methoxy groups -OCH3 is 1. The first-order chi connectivity index (χ1) is 9.60. The summed E-state index contributed by atoms with van der Waals surface area (Å²) in [5.74, 6) is 1.48. The second-order valence-electron chi connectivity index (χ2n) is 4.50. The molecule has 0 aliphatic heterocycles. The topological polar surface area (TPSA) is 38.7 Å². The van der Waals surface area contributed by atoms with Crippen molar-refractivity contribution in [3.05, 3.63) is 58.1 Å². The summed E-state index contributed by atoms with van der Waals surface area (Å²) in [6, 6.07) is 13.3. The van der Waals surface area contributed by atoms with Gasteiger partial charge in [-0.2, -0.15) is 0 Å². The zero-order valence-corrected chi connectivity index (χ0v) is 13.1. The fraction of sp³-hybridized carbons (Fsp3) is 0.250. The van der Waals surface area contributed by atoms with Crippen molar-refractivity contribution in [1.29, 1.82) is 0 Å². The van der Waals surface area contributed by atoms with Crippen molar-refractivity contribution >= 4 is 15.9 Å². The molecule has 0 aliphatic carbocycles. The molecule has 0 radical (unpaired) electrons. The van der Waals surface area contributed by atoms with Crippen molar-refractivity contribution < 1.29 is 14.6 Å². The summed E-state index contributed by atoms with van der Waals surface area (Å²) >= 11 is 3.41. The Morgan fingerprint density at radius 1 is 1.20 bits per heavy atom. The van der Waals surface area contributed by atoms with Gasteiger partial charge in [0.15, 0.2) is 0 Å². The van der Waals surface area contributed by atoms with Crippen molar-refractivity contribution in [2.75, 3.05) is 7.11 Å². The Morgan fingerprint density at radius 2 is 2.00 bits per heavy atom. The summed E-state index contributed by atoms with van der Waals surface area (Å²) in [7, 11) is 1.64. The zero-order chi connectivity index (χ0) is 14.5. The van der Waals surface area contributed by atoms with Crippen molar-refractivity contribution in [1.82, 2.24) is 0 Å². The summed E-state index contributed by atoms with van der Waals surface area (Å²) in [5, 5.41) is 9.76. The number of aliphatic hydroxyl groups is 1. The van der Waals surface area contributed by atoms with Crippen molar-refractivity contribution in [2.24, 2.45) is 0 Å². The lowest BCUT2D eigenvalue weighted by Crippen LogP contribution is -2.01. The first-order valence-electron chi connectivity index (χ1n) is 6.33. The molecule has 20 heavy (non-hydrogen) atoms. The van der Waals surface area contributed by atoms with Crippen LogP contribution in [0.3, 0.4) is 0 Å². The molecule has 0 aliphatic rings. The highest BCUT2D eigenvalue weighted by Crippen LogP contribution is 2.29. The number of hydrogen-bond donors (Lipinski definition) is 1. The van der Waals surface area contributed by atoms with E-state index in [0.717, 1.165) is 21.3 Å². The van der Waals surface area contributed by atoms with E-state index in [-0.39, 0.29) is 0 Å². The van der Waals surface area contributed by atoms with Gasteiger partial charge < -0.3 is 14.6 Å². The molecular formula is C16H17BrO3. The number of halogens is 1. The highest BCUT2D eigenvalue weighted by molar-refractivity contribution is 9.10. The van der Waals surface area contributed by atoms with Crippen molar-refractivity contribution in [3.8, 4) is 11.5 Å². The smallest absolute Gasteiger partial charge is 0.126 e. The Labute approximate surface area is 127 Å². The van der Waals surface area contributed by atoms with E-state index >= 15 is 0 Å². The monoisotopic (exact) mass is 336 g/mol. The molecule has 0 heterocycles. The van der Waals surface area contributed by atoms with Crippen LogP contribution in [0.4, 0.5) is 0 Å². The summed E-state index contributed by atoms with van der Waals surface area (Å²) in [4.78, 5) is 0. The van der Waals surface area contributed by atoms with E-state index in [4.69, 9.17) is 9.47 Å². The molecule has 0 amide bonds. The first-order valence-corrected chi connectivity index (χ1v) is 7.12. The number of ether oxygens (including phenoxy) is 2.